The fourth-order valence-corrected chi connectivity index (χ4v) is 3.12. The van der Waals surface area contributed by atoms with E-state index >= 15 is 0 Å². The molecule has 4 nitrogen and oxygen atoms in total. The van der Waals surface area contributed by atoms with Gasteiger partial charge in [-0.1, -0.05) is 29.8 Å². The van der Waals surface area contributed by atoms with E-state index in [1.54, 1.807) is 34.6 Å². The quantitative estimate of drug-likeness (QED) is 0.617. The second kappa shape index (κ2) is 8.04. The predicted molar refractivity (Wildman–Crippen MR) is 94.2 cm³/mol. The number of hydrogen-bond acceptors (Lipinski definition) is 4. The summed E-state index contributed by atoms with van der Waals surface area (Å²) in [5.41, 5.74) is 0. The third-order valence-corrected chi connectivity index (χ3v) is 4.57. The first-order valence-corrected chi connectivity index (χ1v) is 8.68. The summed E-state index contributed by atoms with van der Waals surface area (Å²) in [6.07, 6.45) is 1.60. The molecule has 0 spiro atoms. The van der Waals surface area contributed by atoms with E-state index in [0.717, 1.165) is 10.6 Å². The third-order valence-electron chi connectivity index (χ3n) is 3.39. The number of para-hydroxylation sites is 1. The minimum absolute atomic E-state index is 0.0736. The molecule has 3 aromatic rings. The highest BCUT2D eigenvalue weighted by Gasteiger charge is 2.17. The number of benzene rings is 1. The van der Waals surface area contributed by atoms with Gasteiger partial charge in [-0.15, -0.1) is 11.3 Å². The molecule has 0 aliphatic heterocycles. The monoisotopic (exact) mass is 361 g/mol. The van der Waals surface area contributed by atoms with Crippen molar-refractivity contribution in [1.29, 1.82) is 0 Å². The Labute approximate surface area is 149 Å². The molecule has 0 saturated carbocycles. The molecule has 6 heteroatoms. The largest absolute Gasteiger partial charge is 0.482 e. The number of carbonyl (C=O) groups is 1. The van der Waals surface area contributed by atoms with E-state index in [1.807, 2.05) is 41.8 Å². The van der Waals surface area contributed by atoms with Crippen LogP contribution in [0.2, 0.25) is 5.02 Å². The van der Waals surface area contributed by atoms with Gasteiger partial charge in [0.2, 0.25) is 0 Å². The van der Waals surface area contributed by atoms with Gasteiger partial charge >= 0.3 is 0 Å². The summed E-state index contributed by atoms with van der Waals surface area (Å²) in [7, 11) is 0. The van der Waals surface area contributed by atoms with Crippen molar-refractivity contribution in [3.8, 4) is 5.75 Å². The van der Waals surface area contributed by atoms with Gasteiger partial charge in [-0.25, -0.2) is 0 Å². The number of nitrogens with zero attached hydrogens (tertiary/aromatic N) is 1. The Morgan fingerprint density at radius 1 is 1.12 bits per heavy atom. The summed E-state index contributed by atoms with van der Waals surface area (Å²) < 4.78 is 10.9. The van der Waals surface area contributed by atoms with E-state index in [4.69, 9.17) is 20.8 Å². The normalized spacial score (nSPS) is 10.5. The maximum Gasteiger partial charge on any atom is 0.261 e. The summed E-state index contributed by atoms with van der Waals surface area (Å²) in [4.78, 5) is 15.4. The highest BCUT2D eigenvalue weighted by atomic mass is 35.5. The van der Waals surface area contributed by atoms with Crippen molar-refractivity contribution in [2.75, 3.05) is 6.61 Å². The lowest BCUT2D eigenvalue weighted by molar-refractivity contribution is -0.134. The van der Waals surface area contributed by atoms with Crippen LogP contribution in [0.5, 0.6) is 5.75 Å². The molecular weight excluding hydrogens is 346 g/mol. The van der Waals surface area contributed by atoms with E-state index in [-0.39, 0.29) is 12.5 Å². The molecular formula is C18H16ClNO3S. The molecule has 0 aliphatic rings. The molecule has 0 unspecified atom stereocenters. The number of furan rings is 1. The minimum Gasteiger partial charge on any atom is -0.482 e. The molecule has 0 radical (unpaired) electrons. The van der Waals surface area contributed by atoms with Gasteiger partial charge in [-0.3, -0.25) is 4.79 Å². The van der Waals surface area contributed by atoms with Crippen molar-refractivity contribution < 1.29 is 13.9 Å². The zero-order chi connectivity index (χ0) is 16.8. The molecule has 1 aromatic carbocycles. The molecule has 3 rings (SSSR count). The van der Waals surface area contributed by atoms with Crippen molar-refractivity contribution in [1.82, 2.24) is 4.90 Å². The lowest BCUT2D eigenvalue weighted by atomic mass is 10.3. The van der Waals surface area contributed by atoms with Gasteiger partial charge < -0.3 is 14.1 Å². The van der Waals surface area contributed by atoms with Crippen LogP contribution in [0.3, 0.4) is 0 Å². The summed E-state index contributed by atoms with van der Waals surface area (Å²) in [6, 6.07) is 14.7. The second-order valence-electron chi connectivity index (χ2n) is 5.13. The smallest absolute Gasteiger partial charge is 0.261 e. The number of carbonyl (C=O) groups excluding carboxylic acids is 1. The first-order valence-electron chi connectivity index (χ1n) is 7.42. The average Bonchev–Trinajstić information content (AvgIpc) is 3.27. The molecule has 0 saturated heterocycles. The Balaban J connectivity index is 1.67. The summed E-state index contributed by atoms with van der Waals surface area (Å²) in [5.74, 6) is 1.11. The Morgan fingerprint density at radius 3 is 2.71 bits per heavy atom. The molecule has 0 bridgehead atoms. The Kier molecular flexibility index (Phi) is 5.56. The summed E-state index contributed by atoms with van der Waals surface area (Å²) in [5, 5.41) is 2.48. The number of hydrogen-bond donors (Lipinski definition) is 0. The van der Waals surface area contributed by atoms with Crippen LogP contribution in [0.15, 0.2) is 64.6 Å². The van der Waals surface area contributed by atoms with Crippen LogP contribution in [-0.4, -0.2) is 17.4 Å². The van der Waals surface area contributed by atoms with Crippen LogP contribution in [0.25, 0.3) is 0 Å². The van der Waals surface area contributed by atoms with Gasteiger partial charge in [-0.2, -0.15) is 0 Å². The van der Waals surface area contributed by atoms with E-state index in [0.29, 0.717) is 23.9 Å². The number of halogens is 1. The van der Waals surface area contributed by atoms with Crippen molar-refractivity contribution >= 4 is 28.8 Å². The van der Waals surface area contributed by atoms with Gasteiger partial charge in [0, 0.05) is 4.88 Å². The second-order valence-corrected chi connectivity index (χ2v) is 6.57. The van der Waals surface area contributed by atoms with Gasteiger partial charge in [0.25, 0.3) is 5.91 Å². The zero-order valence-electron chi connectivity index (χ0n) is 12.9. The van der Waals surface area contributed by atoms with Crippen LogP contribution in [-0.2, 0) is 17.9 Å². The first kappa shape index (κ1) is 16.6. The Hall–Kier alpha value is -2.24. The average molecular weight is 362 g/mol. The molecule has 2 heterocycles. The van der Waals surface area contributed by atoms with Crippen LogP contribution in [0, 0.1) is 0 Å². The van der Waals surface area contributed by atoms with Crippen molar-refractivity contribution in [3.63, 3.8) is 0 Å². The van der Waals surface area contributed by atoms with Gasteiger partial charge in [0.15, 0.2) is 6.61 Å². The van der Waals surface area contributed by atoms with Gasteiger partial charge in [0.1, 0.15) is 11.5 Å². The zero-order valence-corrected chi connectivity index (χ0v) is 14.4. The fraction of sp³-hybridized carbons (Fsp3) is 0.167. The maximum atomic E-state index is 12.6. The number of rotatable bonds is 7. The van der Waals surface area contributed by atoms with E-state index < -0.39 is 0 Å². The number of amides is 1. The molecule has 24 heavy (non-hydrogen) atoms. The van der Waals surface area contributed by atoms with E-state index in [2.05, 4.69) is 0 Å². The highest BCUT2D eigenvalue weighted by molar-refractivity contribution is 7.09. The molecule has 2 aromatic heterocycles. The molecule has 124 valence electrons. The van der Waals surface area contributed by atoms with Crippen molar-refractivity contribution in [2.24, 2.45) is 0 Å². The maximum absolute atomic E-state index is 12.6. The topological polar surface area (TPSA) is 42.7 Å². The molecule has 1 amide bonds. The van der Waals surface area contributed by atoms with E-state index in [1.165, 1.54) is 0 Å². The van der Waals surface area contributed by atoms with Gasteiger partial charge in [0.05, 0.1) is 24.4 Å². The fourth-order valence-electron chi connectivity index (χ4n) is 2.21. The molecule has 0 N–H and O–H groups in total. The van der Waals surface area contributed by atoms with Crippen molar-refractivity contribution in [3.05, 3.63) is 75.8 Å². The third kappa shape index (κ3) is 4.40. The Bertz CT molecular complexity index is 735. The van der Waals surface area contributed by atoms with Gasteiger partial charge in [-0.05, 0) is 35.7 Å². The predicted octanol–water partition coefficient (Wildman–Crippen LogP) is 4.60. The van der Waals surface area contributed by atoms with Crippen LogP contribution in [0.4, 0.5) is 0 Å². The highest BCUT2D eigenvalue weighted by Crippen LogP contribution is 2.23. The lowest BCUT2D eigenvalue weighted by Crippen LogP contribution is -2.33. The first-order chi connectivity index (χ1) is 11.7. The lowest BCUT2D eigenvalue weighted by Gasteiger charge is -2.21. The van der Waals surface area contributed by atoms with Crippen molar-refractivity contribution in [2.45, 2.75) is 13.1 Å². The molecule has 0 fully saturated rings. The number of thiophene rings is 1. The van der Waals surface area contributed by atoms with Crippen LogP contribution < -0.4 is 4.74 Å². The summed E-state index contributed by atoms with van der Waals surface area (Å²) in [6.45, 7) is 0.842. The molecule has 0 aliphatic carbocycles. The van der Waals surface area contributed by atoms with Crippen LogP contribution in [0.1, 0.15) is 10.6 Å². The standard InChI is InChI=1S/C18H16ClNO3S/c19-16-7-1-2-8-17(16)23-13-18(21)20(11-14-5-3-9-22-14)12-15-6-4-10-24-15/h1-10H,11-13H2. The minimum atomic E-state index is -0.125. The van der Waals surface area contributed by atoms with E-state index in [9.17, 15) is 4.79 Å². The SMILES string of the molecule is O=C(COc1ccccc1Cl)N(Cc1ccco1)Cc1cccs1. The Morgan fingerprint density at radius 2 is 2.00 bits per heavy atom. The van der Waals surface area contributed by atoms with Crippen LogP contribution >= 0.6 is 22.9 Å². The number of ether oxygens (including phenoxy) is 1. The summed E-state index contributed by atoms with van der Waals surface area (Å²) >= 11 is 7.67. The molecule has 0 atom stereocenters.